The van der Waals surface area contributed by atoms with Crippen molar-refractivity contribution in [3.05, 3.63) is 0 Å². The first-order valence-electron chi connectivity index (χ1n) is 11.4. The van der Waals surface area contributed by atoms with E-state index in [1.165, 1.54) is 38.5 Å². The van der Waals surface area contributed by atoms with Crippen molar-refractivity contribution < 1.29 is 9.90 Å². The van der Waals surface area contributed by atoms with Gasteiger partial charge in [0.2, 0.25) is 5.91 Å². The summed E-state index contributed by atoms with van der Waals surface area (Å²) in [7, 11) is 0. The summed E-state index contributed by atoms with van der Waals surface area (Å²) in [5.41, 5.74) is 5.24. The number of unbranched alkanes of at least 4 members (excludes halogenated alkanes) is 10. The first-order chi connectivity index (χ1) is 13.0. The zero-order valence-corrected chi connectivity index (χ0v) is 18.3. The summed E-state index contributed by atoms with van der Waals surface area (Å²) >= 11 is 0. The molecule has 0 aromatic heterocycles. The summed E-state index contributed by atoms with van der Waals surface area (Å²) in [5.74, 6) is 6.12. The van der Waals surface area contributed by atoms with Crippen molar-refractivity contribution in [1.82, 2.24) is 0 Å². The van der Waals surface area contributed by atoms with E-state index in [4.69, 9.17) is 5.73 Å². The third-order valence-corrected chi connectivity index (χ3v) is 5.69. The molecule has 1 amide bonds. The molecule has 0 aliphatic heterocycles. The fraction of sp³-hybridized carbons (Fsp3) is 0.875. The Bertz CT molecular complexity index is 424. The number of hydrogen-bond acceptors (Lipinski definition) is 2. The minimum absolute atomic E-state index is 0.0304. The van der Waals surface area contributed by atoms with Crippen LogP contribution >= 0.6 is 0 Å². The molecular weight excluding hydrogens is 334 g/mol. The number of primary amides is 1. The summed E-state index contributed by atoms with van der Waals surface area (Å²) in [6.07, 6.45) is 17.0. The van der Waals surface area contributed by atoms with Crippen LogP contribution in [0.2, 0.25) is 0 Å². The molecule has 0 spiro atoms. The zero-order valence-electron chi connectivity index (χ0n) is 18.3. The van der Waals surface area contributed by atoms with Crippen molar-refractivity contribution in [2.75, 3.05) is 6.61 Å². The molecule has 0 heterocycles. The van der Waals surface area contributed by atoms with Gasteiger partial charge in [0, 0.05) is 30.8 Å². The van der Waals surface area contributed by atoms with Gasteiger partial charge in [-0.05, 0) is 25.7 Å². The number of carbonyl (C=O) groups is 1. The van der Waals surface area contributed by atoms with Crippen LogP contribution in [0.5, 0.6) is 0 Å². The highest BCUT2D eigenvalue weighted by Crippen LogP contribution is 2.35. The van der Waals surface area contributed by atoms with Crippen LogP contribution in [-0.2, 0) is 4.79 Å². The monoisotopic (exact) mass is 379 g/mol. The van der Waals surface area contributed by atoms with E-state index in [1.807, 2.05) is 6.92 Å². The number of rotatable bonds is 17. The average molecular weight is 380 g/mol. The van der Waals surface area contributed by atoms with Gasteiger partial charge in [0.15, 0.2) is 0 Å². The predicted molar refractivity (Wildman–Crippen MR) is 116 cm³/mol. The Morgan fingerprint density at radius 1 is 0.889 bits per heavy atom. The molecule has 3 heteroatoms. The molecule has 0 aliphatic rings. The maximum atomic E-state index is 11.8. The molecule has 0 saturated heterocycles. The Hall–Kier alpha value is -1.01. The van der Waals surface area contributed by atoms with E-state index in [2.05, 4.69) is 25.7 Å². The second-order valence-corrected chi connectivity index (χ2v) is 8.34. The Morgan fingerprint density at radius 3 is 1.89 bits per heavy atom. The van der Waals surface area contributed by atoms with E-state index >= 15 is 0 Å². The van der Waals surface area contributed by atoms with Crippen LogP contribution in [0.4, 0.5) is 0 Å². The Balaban J connectivity index is 3.80. The van der Waals surface area contributed by atoms with Crippen LogP contribution in [0.15, 0.2) is 0 Å². The highest BCUT2D eigenvalue weighted by molar-refractivity contribution is 5.77. The molecule has 0 saturated carbocycles. The largest absolute Gasteiger partial charge is 0.396 e. The first kappa shape index (κ1) is 26.0. The van der Waals surface area contributed by atoms with Crippen LogP contribution in [-0.4, -0.2) is 17.6 Å². The van der Waals surface area contributed by atoms with Gasteiger partial charge in [-0.25, -0.2) is 0 Å². The van der Waals surface area contributed by atoms with Crippen LogP contribution in [0.25, 0.3) is 0 Å². The van der Waals surface area contributed by atoms with Gasteiger partial charge in [0.1, 0.15) is 0 Å². The number of aliphatic hydroxyl groups is 1. The zero-order chi connectivity index (χ0) is 20.4. The van der Waals surface area contributed by atoms with Crippen molar-refractivity contribution in [2.45, 2.75) is 117 Å². The lowest BCUT2D eigenvalue weighted by Crippen LogP contribution is -2.40. The molecule has 0 bridgehead atoms. The number of nitrogens with two attached hydrogens (primary N) is 1. The number of carbonyl (C=O) groups excluding carboxylic acids is 1. The van der Waals surface area contributed by atoms with Crippen LogP contribution in [0.3, 0.4) is 0 Å². The second-order valence-electron chi connectivity index (χ2n) is 8.34. The van der Waals surface area contributed by atoms with E-state index in [-0.39, 0.29) is 23.8 Å². The van der Waals surface area contributed by atoms with Crippen molar-refractivity contribution in [3.63, 3.8) is 0 Å². The van der Waals surface area contributed by atoms with Gasteiger partial charge in [0.25, 0.3) is 0 Å². The highest BCUT2D eigenvalue weighted by atomic mass is 16.3. The van der Waals surface area contributed by atoms with Crippen LogP contribution in [0, 0.1) is 23.2 Å². The van der Waals surface area contributed by atoms with Gasteiger partial charge in [0.05, 0.1) is 0 Å². The summed E-state index contributed by atoms with van der Waals surface area (Å²) < 4.78 is 0. The summed E-state index contributed by atoms with van der Waals surface area (Å²) in [6.45, 7) is 6.35. The highest BCUT2D eigenvalue weighted by Gasteiger charge is 2.36. The van der Waals surface area contributed by atoms with Crippen molar-refractivity contribution in [3.8, 4) is 11.8 Å². The topological polar surface area (TPSA) is 63.3 Å². The van der Waals surface area contributed by atoms with Crippen molar-refractivity contribution >= 4 is 5.91 Å². The van der Waals surface area contributed by atoms with Gasteiger partial charge in [-0.3, -0.25) is 4.79 Å². The molecule has 3 N–H and O–H groups in total. The van der Waals surface area contributed by atoms with Gasteiger partial charge in [-0.2, -0.15) is 0 Å². The molecule has 158 valence electrons. The predicted octanol–water partition coefficient (Wildman–Crippen LogP) is 5.98. The maximum absolute atomic E-state index is 11.8. The maximum Gasteiger partial charge on any atom is 0.221 e. The molecule has 3 nitrogen and oxygen atoms in total. The SMILES string of the molecule is CCCCCCCCC#CCCCCCCC(C(N)=O)C(C)(CO)CCC. The first-order valence-corrected chi connectivity index (χ1v) is 11.4. The van der Waals surface area contributed by atoms with Crippen molar-refractivity contribution in [2.24, 2.45) is 17.1 Å². The Labute approximate surface area is 168 Å². The third kappa shape index (κ3) is 12.9. The lowest BCUT2D eigenvalue weighted by molar-refractivity contribution is -0.127. The molecule has 0 aromatic carbocycles. The molecular formula is C24H45NO2. The second kappa shape index (κ2) is 17.1. The van der Waals surface area contributed by atoms with E-state index in [1.54, 1.807) is 0 Å². The van der Waals surface area contributed by atoms with Crippen LogP contribution in [0.1, 0.15) is 117 Å². The molecule has 0 fully saturated rings. The Morgan fingerprint density at radius 2 is 1.41 bits per heavy atom. The van der Waals surface area contributed by atoms with E-state index in [9.17, 15) is 9.90 Å². The molecule has 2 atom stereocenters. The minimum atomic E-state index is -0.372. The third-order valence-electron chi connectivity index (χ3n) is 5.69. The number of amides is 1. The summed E-state index contributed by atoms with van der Waals surface area (Å²) in [4.78, 5) is 11.8. The fourth-order valence-electron chi connectivity index (χ4n) is 3.85. The smallest absolute Gasteiger partial charge is 0.221 e. The summed E-state index contributed by atoms with van der Waals surface area (Å²) in [5, 5.41) is 9.73. The molecule has 0 aliphatic carbocycles. The fourth-order valence-corrected chi connectivity index (χ4v) is 3.85. The van der Waals surface area contributed by atoms with Gasteiger partial charge < -0.3 is 10.8 Å². The van der Waals surface area contributed by atoms with Gasteiger partial charge in [-0.15, -0.1) is 11.8 Å². The molecule has 0 aromatic rings. The molecule has 2 unspecified atom stereocenters. The standard InChI is InChI=1S/C24H45NO2/c1-4-6-7-8-9-10-11-12-13-14-15-16-17-18-19-22(23(25)27)24(3,21-26)20-5-2/h22,26H,4-11,14-21H2,1-3H3,(H2,25,27). The van der Waals surface area contributed by atoms with E-state index in [0.717, 1.165) is 57.8 Å². The molecule has 0 radical (unpaired) electrons. The van der Waals surface area contributed by atoms with E-state index in [0.29, 0.717) is 0 Å². The number of hydrogen-bond donors (Lipinski definition) is 2. The van der Waals surface area contributed by atoms with Crippen LogP contribution < -0.4 is 5.73 Å². The quantitative estimate of drug-likeness (QED) is 0.241. The summed E-state index contributed by atoms with van der Waals surface area (Å²) in [6, 6.07) is 0. The lowest BCUT2D eigenvalue weighted by atomic mass is 9.72. The van der Waals surface area contributed by atoms with Crippen molar-refractivity contribution in [1.29, 1.82) is 0 Å². The lowest BCUT2D eigenvalue weighted by Gasteiger charge is -2.34. The van der Waals surface area contributed by atoms with Gasteiger partial charge >= 0.3 is 0 Å². The normalized spacial score (nSPS) is 14.2. The molecule has 27 heavy (non-hydrogen) atoms. The Kier molecular flexibility index (Phi) is 16.5. The van der Waals surface area contributed by atoms with E-state index < -0.39 is 0 Å². The number of aliphatic hydroxyl groups excluding tert-OH is 1. The average Bonchev–Trinajstić information content (AvgIpc) is 2.64. The van der Waals surface area contributed by atoms with Gasteiger partial charge in [-0.1, -0.05) is 78.6 Å². The minimum Gasteiger partial charge on any atom is -0.396 e. The molecule has 0 rings (SSSR count).